The van der Waals surface area contributed by atoms with Gasteiger partial charge in [0.15, 0.2) is 0 Å². The fourth-order valence-corrected chi connectivity index (χ4v) is 4.60. The number of nitrogens with one attached hydrogen (secondary N) is 1. The Morgan fingerprint density at radius 3 is 2.52 bits per heavy atom. The fraction of sp³-hybridized carbons (Fsp3) is 0.435. The molecule has 4 rings (SSSR count). The molecule has 0 radical (unpaired) electrons. The second kappa shape index (κ2) is 7.35. The molecule has 1 aliphatic rings. The van der Waals surface area contributed by atoms with Gasteiger partial charge < -0.3 is 14.6 Å². The Balaban J connectivity index is 1.69. The summed E-state index contributed by atoms with van der Waals surface area (Å²) in [6.07, 6.45) is 4.75. The van der Waals surface area contributed by atoms with Gasteiger partial charge in [0.1, 0.15) is 11.6 Å². The van der Waals surface area contributed by atoms with Crippen LogP contribution in [0.3, 0.4) is 0 Å². The van der Waals surface area contributed by atoms with E-state index in [1.165, 1.54) is 23.9 Å². The van der Waals surface area contributed by atoms with E-state index in [-0.39, 0.29) is 5.54 Å². The van der Waals surface area contributed by atoms with Crippen molar-refractivity contribution in [3.05, 3.63) is 59.9 Å². The third kappa shape index (κ3) is 3.23. The van der Waals surface area contributed by atoms with E-state index in [9.17, 15) is 0 Å². The van der Waals surface area contributed by atoms with Crippen LogP contribution in [0, 0.1) is 0 Å². The minimum absolute atomic E-state index is 0.0352. The Hall–Kier alpha value is -2.33. The number of ether oxygens (including phenoxy) is 1. The molecule has 0 spiro atoms. The minimum Gasteiger partial charge on any atom is -0.496 e. The monoisotopic (exact) mass is 363 g/mol. The van der Waals surface area contributed by atoms with Crippen molar-refractivity contribution in [2.45, 2.75) is 57.7 Å². The summed E-state index contributed by atoms with van der Waals surface area (Å²) in [5, 5.41) is 3.90. The summed E-state index contributed by atoms with van der Waals surface area (Å²) < 4.78 is 8.04. The van der Waals surface area contributed by atoms with Crippen LogP contribution in [0.1, 0.15) is 57.0 Å². The van der Waals surface area contributed by atoms with Gasteiger partial charge >= 0.3 is 0 Å². The highest BCUT2D eigenvalue weighted by Gasteiger charge is 2.37. The third-order valence-corrected chi connectivity index (χ3v) is 5.85. The number of imidazole rings is 1. The average Bonchev–Trinajstić information content (AvgIpc) is 3.31. The van der Waals surface area contributed by atoms with Crippen LogP contribution in [-0.4, -0.2) is 16.7 Å². The first-order valence-electron chi connectivity index (χ1n) is 9.99. The highest BCUT2D eigenvalue weighted by atomic mass is 16.5. The zero-order valence-corrected chi connectivity index (χ0v) is 16.5. The van der Waals surface area contributed by atoms with Gasteiger partial charge in [-0.3, -0.25) is 0 Å². The summed E-state index contributed by atoms with van der Waals surface area (Å²) >= 11 is 0. The topological polar surface area (TPSA) is 39.1 Å². The van der Waals surface area contributed by atoms with Crippen LogP contribution in [0.5, 0.6) is 5.75 Å². The van der Waals surface area contributed by atoms with Crippen LogP contribution in [0.15, 0.2) is 48.5 Å². The van der Waals surface area contributed by atoms with Crippen LogP contribution in [0.25, 0.3) is 11.0 Å². The molecule has 1 heterocycles. The lowest BCUT2D eigenvalue weighted by atomic mass is 9.87. The Labute approximate surface area is 161 Å². The maximum Gasteiger partial charge on any atom is 0.124 e. The van der Waals surface area contributed by atoms with Crippen molar-refractivity contribution in [2.75, 3.05) is 7.11 Å². The Morgan fingerprint density at radius 1 is 1.07 bits per heavy atom. The molecule has 27 heavy (non-hydrogen) atoms. The van der Waals surface area contributed by atoms with E-state index in [4.69, 9.17) is 9.72 Å². The Morgan fingerprint density at radius 2 is 1.78 bits per heavy atom. The smallest absolute Gasteiger partial charge is 0.124 e. The predicted octanol–water partition coefficient (Wildman–Crippen LogP) is 5.18. The van der Waals surface area contributed by atoms with Gasteiger partial charge in [-0.25, -0.2) is 4.98 Å². The lowest BCUT2D eigenvalue weighted by Crippen LogP contribution is -2.40. The van der Waals surface area contributed by atoms with Crippen LogP contribution in [0.2, 0.25) is 0 Å². The van der Waals surface area contributed by atoms with Crippen molar-refractivity contribution in [1.29, 1.82) is 0 Å². The molecular formula is C23H29N3O. The molecule has 1 N–H and O–H groups in total. The lowest BCUT2D eigenvalue weighted by molar-refractivity contribution is 0.311. The van der Waals surface area contributed by atoms with Crippen LogP contribution >= 0.6 is 0 Å². The first kappa shape index (κ1) is 18.1. The van der Waals surface area contributed by atoms with E-state index < -0.39 is 0 Å². The van der Waals surface area contributed by atoms with Crippen molar-refractivity contribution >= 4 is 11.0 Å². The van der Waals surface area contributed by atoms with Gasteiger partial charge in [-0.15, -0.1) is 0 Å². The molecule has 142 valence electrons. The quantitative estimate of drug-likeness (QED) is 0.655. The molecule has 2 aromatic carbocycles. The van der Waals surface area contributed by atoms with E-state index in [0.717, 1.165) is 36.5 Å². The summed E-state index contributed by atoms with van der Waals surface area (Å²) in [5.41, 5.74) is 3.52. The molecule has 3 aromatic rings. The second-order valence-electron chi connectivity index (χ2n) is 7.82. The summed E-state index contributed by atoms with van der Waals surface area (Å²) in [4.78, 5) is 4.93. The molecule has 1 aromatic heterocycles. The number of aromatic nitrogens is 2. The van der Waals surface area contributed by atoms with Gasteiger partial charge in [0.05, 0.1) is 24.7 Å². The zero-order valence-electron chi connectivity index (χ0n) is 16.5. The van der Waals surface area contributed by atoms with Crippen molar-refractivity contribution in [3.8, 4) is 5.75 Å². The largest absolute Gasteiger partial charge is 0.496 e. The second-order valence-corrected chi connectivity index (χ2v) is 7.82. The van der Waals surface area contributed by atoms with Gasteiger partial charge in [-0.1, -0.05) is 43.2 Å². The number of methoxy groups -OCH3 is 1. The molecule has 0 bridgehead atoms. The molecule has 4 nitrogen and oxygen atoms in total. The van der Waals surface area contributed by atoms with Crippen molar-refractivity contribution in [1.82, 2.24) is 14.9 Å². The molecule has 0 amide bonds. The molecule has 0 saturated heterocycles. The summed E-state index contributed by atoms with van der Waals surface area (Å²) in [5.74, 6) is 2.08. The number of benzene rings is 2. The molecule has 0 aliphatic heterocycles. The van der Waals surface area contributed by atoms with Crippen LogP contribution < -0.4 is 10.1 Å². The molecule has 4 heteroatoms. The molecular weight excluding hydrogens is 334 g/mol. The maximum absolute atomic E-state index is 5.68. The molecule has 1 saturated carbocycles. The van der Waals surface area contributed by atoms with E-state index in [0.29, 0.717) is 6.04 Å². The van der Waals surface area contributed by atoms with Gasteiger partial charge in [0.2, 0.25) is 0 Å². The van der Waals surface area contributed by atoms with E-state index in [2.05, 4.69) is 66.2 Å². The standard InChI is InChI=1S/C23H29N3O/c1-17(2)26-20-12-6-5-11-19(20)25-22(26)16-24-23(14-8-9-15-23)18-10-4-7-13-21(18)27-3/h4-7,10-13,17,24H,8-9,14-16H2,1-3H3. The van der Waals surface area contributed by atoms with Gasteiger partial charge in [-0.2, -0.15) is 0 Å². The van der Waals surface area contributed by atoms with Crippen molar-refractivity contribution < 1.29 is 4.74 Å². The average molecular weight is 364 g/mol. The Bertz CT molecular complexity index is 922. The van der Waals surface area contributed by atoms with Gasteiger partial charge in [0, 0.05) is 17.1 Å². The number of nitrogens with zero attached hydrogens (tertiary/aromatic N) is 2. The molecule has 1 fully saturated rings. The van der Waals surface area contributed by atoms with E-state index >= 15 is 0 Å². The van der Waals surface area contributed by atoms with Gasteiger partial charge in [0.25, 0.3) is 0 Å². The van der Waals surface area contributed by atoms with Crippen LogP contribution in [-0.2, 0) is 12.1 Å². The molecule has 0 unspecified atom stereocenters. The van der Waals surface area contributed by atoms with E-state index in [1.54, 1.807) is 7.11 Å². The normalized spacial score (nSPS) is 16.3. The summed E-state index contributed by atoms with van der Waals surface area (Å²) in [6, 6.07) is 17.2. The zero-order chi connectivity index (χ0) is 18.9. The number of hydrogen-bond donors (Lipinski definition) is 1. The summed E-state index contributed by atoms with van der Waals surface area (Å²) in [6.45, 7) is 5.21. The first-order chi connectivity index (χ1) is 13.1. The van der Waals surface area contributed by atoms with Crippen molar-refractivity contribution in [3.63, 3.8) is 0 Å². The third-order valence-electron chi connectivity index (χ3n) is 5.85. The fourth-order valence-electron chi connectivity index (χ4n) is 4.60. The highest BCUT2D eigenvalue weighted by molar-refractivity contribution is 5.76. The van der Waals surface area contributed by atoms with Gasteiger partial charge in [-0.05, 0) is 44.9 Å². The lowest BCUT2D eigenvalue weighted by Gasteiger charge is -2.32. The Kier molecular flexibility index (Phi) is 4.92. The maximum atomic E-state index is 5.68. The van der Waals surface area contributed by atoms with E-state index in [1.807, 2.05) is 6.07 Å². The van der Waals surface area contributed by atoms with Crippen LogP contribution in [0.4, 0.5) is 0 Å². The molecule has 0 atom stereocenters. The highest BCUT2D eigenvalue weighted by Crippen LogP contribution is 2.42. The number of para-hydroxylation sites is 3. The SMILES string of the molecule is COc1ccccc1C1(NCc2nc3ccccc3n2C(C)C)CCCC1. The minimum atomic E-state index is -0.0352. The predicted molar refractivity (Wildman–Crippen MR) is 110 cm³/mol. The number of hydrogen-bond acceptors (Lipinski definition) is 3. The first-order valence-corrected chi connectivity index (χ1v) is 9.99. The summed E-state index contributed by atoms with van der Waals surface area (Å²) in [7, 11) is 1.76. The number of fused-ring (bicyclic) bond motifs is 1. The number of rotatable bonds is 6. The molecule has 1 aliphatic carbocycles. The van der Waals surface area contributed by atoms with Crippen molar-refractivity contribution in [2.24, 2.45) is 0 Å².